The number of halogens is 1. The molecular weight excluding hydrogens is 286 g/mol. The van der Waals surface area contributed by atoms with Crippen LogP contribution in [0, 0.1) is 6.20 Å². The largest absolute Gasteiger partial charge is 0.521 e. The predicted octanol–water partition coefficient (Wildman–Crippen LogP) is 2.24. The number of hydrogen-bond acceptors (Lipinski definition) is 2. The summed E-state index contributed by atoms with van der Waals surface area (Å²) in [6.45, 7) is 6.07. The van der Waals surface area contributed by atoms with Gasteiger partial charge in [-0.15, -0.1) is 6.58 Å². The van der Waals surface area contributed by atoms with Crippen LogP contribution in [0.5, 0.6) is 0 Å². The van der Waals surface area contributed by atoms with Gasteiger partial charge in [0.2, 0.25) is 5.97 Å². The van der Waals surface area contributed by atoms with Gasteiger partial charge in [0.1, 0.15) is 0 Å². The molecule has 0 spiro atoms. The topological polar surface area (TPSA) is 40.5 Å². The van der Waals surface area contributed by atoms with E-state index in [1.807, 2.05) is 6.92 Å². The summed E-state index contributed by atoms with van der Waals surface area (Å²) in [5.41, 5.74) is 0.00412. The van der Waals surface area contributed by atoms with Crippen molar-refractivity contribution in [3.05, 3.63) is 36.0 Å². The average Bonchev–Trinajstić information content (AvgIpc) is 2.19. The molecule has 1 radical (unpaired) electrons. The quantitative estimate of drug-likeness (QED) is 0.809. The van der Waals surface area contributed by atoms with Crippen LogP contribution in [-0.4, -0.2) is 22.5 Å². The number of allylic oxidation sites excluding steroid dienone is 1. The molecule has 0 aromatic carbocycles. The van der Waals surface area contributed by atoms with Gasteiger partial charge in [-0.3, -0.25) is 0 Å². The molecule has 0 fully saturated rings. The van der Waals surface area contributed by atoms with Gasteiger partial charge in [-0.05, 0) is 17.7 Å². The maximum atomic E-state index is 13.3. The molecule has 1 rings (SSSR count). The van der Waals surface area contributed by atoms with Gasteiger partial charge in [0.05, 0.1) is 5.83 Å². The molecule has 0 saturated heterocycles. The van der Waals surface area contributed by atoms with Crippen LogP contribution in [0.1, 0.15) is 19.8 Å². The first kappa shape index (κ1) is 15.5. The molecule has 1 N–H and O–H groups in total. The van der Waals surface area contributed by atoms with E-state index in [2.05, 4.69) is 12.8 Å². The number of carbonyl (C=O) groups is 1. The molecule has 0 saturated carbocycles. The molecule has 85 valence electrons. The van der Waals surface area contributed by atoms with Crippen molar-refractivity contribution >= 4 is 5.97 Å². The van der Waals surface area contributed by atoms with Gasteiger partial charge in [-0.1, -0.05) is 25.6 Å². The third-order valence-corrected chi connectivity index (χ3v) is 2.09. The van der Waals surface area contributed by atoms with E-state index < -0.39 is 11.8 Å². The Balaban J connectivity index is 0.00000225. The first-order valence-corrected chi connectivity index (χ1v) is 4.77. The minimum Gasteiger partial charge on any atom is -0.521 e. The van der Waals surface area contributed by atoms with Crippen LogP contribution in [0.15, 0.2) is 29.8 Å². The molecule has 0 aromatic rings. The Morgan fingerprint density at radius 1 is 1.69 bits per heavy atom. The Hall–Kier alpha value is -0.476. The normalized spacial score (nSPS) is 15.1. The van der Waals surface area contributed by atoms with Crippen LogP contribution in [-0.2, 0) is 37.5 Å². The maximum absolute atomic E-state index is 13.3. The Morgan fingerprint density at radius 2 is 2.31 bits per heavy atom. The SMILES string of the molecule is C=C1C(F)=CC(C(=O)O)=[C-]N1CCCC.[Y]. The average molecular weight is 299 g/mol. The van der Waals surface area contributed by atoms with E-state index in [-0.39, 0.29) is 44.0 Å². The van der Waals surface area contributed by atoms with Gasteiger partial charge >= 0.3 is 0 Å². The van der Waals surface area contributed by atoms with Crippen molar-refractivity contribution in [2.45, 2.75) is 19.8 Å². The van der Waals surface area contributed by atoms with Crippen LogP contribution < -0.4 is 0 Å². The van der Waals surface area contributed by atoms with E-state index in [0.29, 0.717) is 6.54 Å². The summed E-state index contributed by atoms with van der Waals surface area (Å²) in [6, 6.07) is 0. The molecule has 0 bridgehead atoms. The molecule has 1 aliphatic heterocycles. The van der Waals surface area contributed by atoms with Crippen LogP contribution in [0.3, 0.4) is 0 Å². The third kappa shape index (κ3) is 3.83. The number of nitrogens with zero attached hydrogens (tertiary/aromatic N) is 1. The molecule has 0 atom stereocenters. The summed E-state index contributed by atoms with van der Waals surface area (Å²) in [6.07, 6.45) is 5.32. The van der Waals surface area contributed by atoms with Crippen molar-refractivity contribution in [2.75, 3.05) is 6.54 Å². The van der Waals surface area contributed by atoms with E-state index in [1.165, 1.54) is 4.90 Å². The van der Waals surface area contributed by atoms with Crippen LogP contribution in [0.25, 0.3) is 0 Å². The fraction of sp³-hybridized carbons (Fsp3) is 0.364. The fourth-order valence-electron chi connectivity index (χ4n) is 1.20. The predicted molar refractivity (Wildman–Crippen MR) is 54.3 cm³/mol. The molecule has 0 aromatic heterocycles. The van der Waals surface area contributed by atoms with Crippen LogP contribution in [0.4, 0.5) is 4.39 Å². The summed E-state index contributed by atoms with van der Waals surface area (Å²) >= 11 is 0. The maximum Gasteiger partial charge on any atom is 0.249 e. The Bertz CT molecular complexity index is 350. The minimum absolute atomic E-state index is 0. The molecule has 1 heterocycles. The van der Waals surface area contributed by atoms with Crippen molar-refractivity contribution in [3.63, 3.8) is 0 Å². The molecule has 5 heteroatoms. The first-order valence-electron chi connectivity index (χ1n) is 4.77. The van der Waals surface area contributed by atoms with Crippen molar-refractivity contribution in [1.29, 1.82) is 0 Å². The summed E-state index contributed by atoms with van der Waals surface area (Å²) in [5.74, 6) is -1.79. The van der Waals surface area contributed by atoms with Gasteiger partial charge in [0, 0.05) is 39.3 Å². The molecule has 0 unspecified atom stereocenters. The standard InChI is InChI=1S/C11H13FNO2.Y/c1-3-4-5-13-7-9(11(14)15)6-10(12)8(13)2;/h6H,2-5H2,1H3,(H,14,15);/q-1;. The number of aliphatic carboxylic acids is 1. The van der Waals surface area contributed by atoms with Crippen molar-refractivity contribution < 1.29 is 47.0 Å². The fourth-order valence-corrected chi connectivity index (χ4v) is 1.20. The number of carboxylic acids is 1. The third-order valence-electron chi connectivity index (χ3n) is 2.09. The van der Waals surface area contributed by atoms with Gasteiger partial charge < -0.3 is 14.8 Å². The molecule has 0 aliphatic carbocycles. The Kier molecular flexibility index (Phi) is 6.76. The zero-order valence-electron chi connectivity index (χ0n) is 9.16. The smallest absolute Gasteiger partial charge is 0.249 e. The molecule has 1 aliphatic rings. The van der Waals surface area contributed by atoms with Crippen LogP contribution in [0.2, 0.25) is 0 Å². The second kappa shape index (κ2) is 6.97. The summed E-state index contributed by atoms with van der Waals surface area (Å²) in [7, 11) is 0. The van der Waals surface area contributed by atoms with Crippen molar-refractivity contribution in [3.8, 4) is 0 Å². The monoisotopic (exact) mass is 299 g/mol. The minimum atomic E-state index is -1.18. The molecule has 0 amide bonds. The molecule has 3 nitrogen and oxygen atoms in total. The number of rotatable bonds is 4. The summed E-state index contributed by atoms with van der Waals surface area (Å²) in [4.78, 5) is 12.1. The van der Waals surface area contributed by atoms with Crippen LogP contribution >= 0.6 is 0 Å². The molecule has 16 heavy (non-hydrogen) atoms. The Labute approximate surface area is 120 Å². The van der Waals surface area contributed by atoms with Crippen molar-refractivity contribution in [1.82, 2.24) is 4.90 Å². The van der Waals surface area contributed by atoms with E-state index in [4.69, 9.17) is 5.11 Å². The molecular formula is C11H13FNO2Y-. The number of hydrogen-bond donors (Lipinski definition) is 1. The summed E-state index contributed by atoms with van der Waals surface area (Å²) in [5, 5.41) is 8.72. The Morgan fingerprint density at radius 3 is 2.81 bits per heavy atom. The first-order chi connectivity index (χ1) is 7.06. The second-order valence-corrected chi connectivity index (χ2v) is 3.27. The van der Waals surface area contributed by atoms with E-state index in [0.717, 1.165) is 18.9 Å². The summed E-state index contributed by atoms with van der Waals surface area (Å²) < 4.78 is 13.3. The zero-order chi connectivity index (χ0) is 11.4. The van der Waals surface area contributed by atoms with E-state index >= 15 is 0 Å². The number of unbranched alkanes of at least 4 members (excludes halogenated alkanes) is 1. The van der Waals surface area contributed by atoms with Gasteiger partial charge in [0.15, 0.2) is 0 Å². The van der Waals surface area contributed by atoms with E-state index in [1.54, 1.807) is 0 Å². The van der Waals surface area contributed by atoms with E-state index in [9.17, 15) is 9.18 Å². The van der Waals surface area contributed by atoms with Gasteiger partial charge in [-0.2, -0.15) is 0 Å². The zero-order valence-corrected chi connectivity index (χ0v) is 12.0. The van der Waals surface area contributed by atoms with Gasteiger partial charge in [-0.25, -0.2) is 4.39 Å². The van der Waals surface area contributed by atoms with Crippen molar-refractivity contribution in [2.24, 2.45) is 0 Å². The van der Waals surface area contributed by atoms with Gasteiger partial charge in [0.25, 0.3) is 0 Å². The second-order valence-electron chi connectivity index (χ2n) is 3.27. The number of carboxylic acid groups (broad SMARTS) is 1.